The molecule has 0 radical (unpaired) electrons. The van der Waals surface area contributed by atoms with Crippen molar-refractivity contribution in [1.82, 2.24) is 0 Å². The molecule has 0 aliphatic carbocycles. The first-order chi connectivity index (χ1) is 8.95. The quantitative estimate of drug-likeness (QED) is 0.418. The molecule has 19 heavy (non-hydrogen) atoms. The summed E-state index contributed by atoms with van der Waals surface area (Å²) < 4.78 is 0. The predicted molar refractivity (Wildman–Crippen MR) is 82.3 cm³/mol. The number of carboxylic acids is 2. The highest BCUT2D eigenvalue weighted by atomic mass is 32.1. The summed E-state index contributed by atoms with van der Waals surface area (Å²) in [4.78, 5) is 21.2. The number of thiol groups is 2. The first-order valence-corrected chi connectivity index (χ1v) is 7.87. The summed E-state index contributed by atoms with van der Waals surface area (Å²) >= 11 is 8.55. The van der Waals surface area contributed by atoms with Crippen molar-refractivity contribution in [3.63, 3.8) is 0 Å². The number of hydrogen-bond donors (Lipinski definition) is 4. The molecule has 0 rings (SSSR count). The Morgan fingerprint density at radius 1 is 0.789 bits per heavy atom. The van der Waals surface area contributed by atoms with Gasteiger partial charge in [-0.25, -0.2) is 0 Å². The lowest BCUT2D eigenvalue weighted by Crippen LogP contribution is -2.23. The third-order valence-electron chi connectivity index (χ3n) is 3.48. The number of aliphatic carboxylic acids is 2. The van der Waals surface area contributed by atoms with Gasteiger partial charge in [0.15, 0.2) is 0 Å². The van der Waals surface area contributed by atoms with E-state index in [0.717, 1.165) is 37.2 Å². The van der Waals surface area contributed by atoms with Crippen LogP contribution in [0.3, 0.4) is 0 Å². The van der Waals surface area contributed by atoms with E-state index in [-0.39, 0.29) is 18.3 Å². The maximum absolute atomic E-state index is 10.6. The van der Waals surface area contributed by atoms with Crippen LogP contribution in [0.1, 0.15) is 51.4 Å². The Hall–Kier alpha value is -0.360. The second-order valence-electron chi connectivity index (χ2n) is 4.94. The number of carbonyl (C=O) groups is 2. The number of carboxylic acid groups (broad SMARTS) is 2. The molecule has 0 bridgehead atoms. The molecule has 0 aromatic rings. The summed E-state index contributed by atoms with van der Waals surface area (Å²) in [6.45, 7) is 0. The largest absolute Gasteiger partial charge is 0.481 e. The number of rotatable bonds is 12. The van der Waals surface area contributed by atoms with Gasteiger partial charge in [0.25, 0.3) is 0 Å². The molecule has 0 unspecified atom stereocenters. The van der Waals surface area contributed by atoms with Crippen LogP contribution in [0.15, 0.2) is 0 Å². The Morgan fingerprint density at radius 3 is 1.42 bits per heavy atom. The maximum Gasteiger partial charge on any atom is 0.303 e. The van der Waals surface area contributed by atoms with Crippen LogP contribution < -0.4 is 0 Å². The molecule has 0 aromatic carbocycles. The van der Waals surface area contributed by atoms with Crippen LogP contribution in [0, 0.1) is 5.41 Å². The van der Waals surface area contributed by atoms with Crippen LogP contribution in [0.4, 0.5) is 0 Å². The van der Waals surface area contributed by atoms with Gasteiger partial charge in [-0.15, -0.1) is 0 Å². The Balaban J connectivity index is 4.46. The highest BCUT2D eigenvalue weighted by Gasteiger charge is 2.28. The zero-order valence-electron chi connectivity index (χ0n) is 11.2. The van der Waals surface area contributed by atoms with Gasteiger partial charge < -0.3 is 10.2 Å². The topological polar surface area (TPSA) is 74.6 Å². The molecule has 0 amide bonds. The second-order valence-corrected chi connectivity index (χ2v) is 5.84. The standard InChI is InChI=1S/C13H24O4S2/c14-11(15)3-1-5-13(7-9-18,8-10-19)6-2-4-12(16)17/h18-19H,1-10H2,(H,14,15)(H,16,17). The molecule has 112 valence electrons. The maximum atomic E-state index is 10.6. The minimum atomic E-state index is -0.781. The fraction of sp³-hybridized carbons (Fsp3) is 0.846. The molecular formula is C13H24O4S2. The van der Waals surface area contributed by atoms with Crippen molar-refractivity contribution >= 4 is 37.2 Å². The van der Waals surface area contributed by atoms with Crippen molar-refractivity contribution in [2.45, 2.75) is 51.4 Å². The van der Waals surface area contributed by atoms with Crippen LogP contribution in [0.5, 0.6) is 0 Å². The van der Waals surface area contributed by atoms with E-state index < -0.39 is 11.9 Å². The van der Waals surface area contributed by atoms with Crippen molar-refractivity contribution in [1.29, 1.82) is 0 Å². The third-order valence-corrected chi connectivity index (χ3v) is 3.93. The molecule has 0 saturated carbocycles. The molecule has 0 aromatic heterocycles. The molecule has 6 heteroatoms. The van der Waals surface area contributed by atoms with Crippen molar-refractivity contribution in [3.05, 3.63) is 0 Å². The highest BCUT2D eigenvalue weighted by Crippen LogP contribution is 2.39. The van der Waals surface area contributed by atoms with Gasteiger partial charge in [0.1, 0.15) is 0 Å². The predicted octanol–water partition coefficient (Wildman–Crippen LogP) is 3.12. The van der Waals surface area contributed by atoms with E-state index in [1.807, 2.05) is 0 Å². The summed E-state index contributed by atoms with van der Waals surface area (Å²) in [6.07, 6.45) is 4.97. The van der Waals surface area contributed by atoms with Gasteiger partial charge in [-0.2, -0.15) is 25.3 Å². The zero-order chi connectivity index (χ0) is 14.7. The van der Waals surface area contributed by atoms with Crippen molar-refractivity contribution < 1.29 is 19.8 Å². The van der Waals surface area contributed by atoms with Crippen LogP contribution in [0.2, 0.25) is 0 Å². The van der Waals surface area contributed by atoms with Gasteiger partial charge in [0, 0.05) is 12.8 Å². The Labute approximate surface area is 125 Å². The van der Waals surface area contributed by atoms with Gasteiger partial charge in [-0.1, -0.05) is 0 Å². The summed E-state index contributed by atoms with van der Waals surface area (Å²) in [6, 6.07) is 0. The van der Waals surface area contributed by atoms with Gasteiger partial charge in [0.2, 0.25) is 0 Å². The molecule has 0 heterocycles. The van der Waals surface area contributed by atoms with E-state index in [9.17, 15) is 9.59 Å². The molecule has 0 spiro atoms. The van der Waals surface area contributed by atoms with Crippen molar-refractivity contribution in [2.24, 2.45) is 5.41 Å². The summed E-state index contributed by atoms with van der Waals surface area (Å²) in [5.74, 6) is -0.102. The normalized spacial score (nSPS) is 11.5. The van der Waals surface area contributed by atoms with Crippen LogP contribution >= 0.6 is 25.3 Å². The lowest BCUT2D eigenvalue weighted by molar-refractivity contribution is -0.138. The van der Waals surface area contributed by atoms with E-state index in [1.165, 1.54) is 0 Å². The van der Waals surface area contributed by atoms with Crippen molar-refractivity contribution in [3.8, 4) is 0 Å². The smallest absolute Gasteiger partial charge is 0.303 e. The SMILES string of the molecule is O=C(O)CCCC(CCS)(CCS)CCCC(=O)O. The van der Waals surface area contributed by atoms with E-state index in [0.29, 0.717) is 12.8 Å². The van der Waals surface area contributed by atoms with Crippen LogP contribution in [0.25, 0.3) is 0 Å². The fourth-order valence-electron chi connectivity index (χ4n) is 2.45. The van der Waals surface area contributed by atoms with Gasteiger partial charge in [-0.05, 0) is 55.4 Å². The summed E-state index contributed by atoms with van der Waals surface area (Å²) in [5.41, 5.74) is -0.00556. The molecule has 2 N–H and O–H groups in total. The fourth-order valence-corrected chi connectivity index (χ4v) is 3.40. The highest BCUT2D eigenvalue weighted by molar-refractivity contribution is 7.80. The molecule has 0 saturated heterocycles. The Bertz CT molecular complexity index is 254. The number of hydrogen-bond acceptors (Lipinski definition) is 4. The van der Waals surface area contributed by atoms with E-state index >= 15 is 0 Å². The monoisotopic (exact) mass is 308 g/mol. The average Bonchev–Trinajstić information content (AvgIpc) is 2.28. The summed E-state index contributed by atoms with van der Waals surface area (Å²) in [7, 11) is 0. The van der Waals surface area contributed by atoms with Gasteiger partial charge in [0.05, 0.1) is 0 Å². The third kappa shape index (κ3) is 9.21. The van der Waals surface area contributed by atoms with Crippen LogP contribution in [-0.2, 0) is 9.59 Å². The molecule has 0 atom stereocenters. The van der Waals surface area contributed by atoms with Crippen molar-refractivity contribution in [2.75, 3.05) is 11.5 Å². The van der Waals surface area contributed by atoms with E-state index in [2.05, 4.69) is 25.3 Å². The first-order valence-electron chi connectivity index (χ1n) is 6.61. The van der Waals surface area contributed by atoms with Gasteiger partial charge >= 0.3 is 11.9 Å². The lowest BCUT2D eigenvalue weighted by Gasteiger charge is -2.33. The van der Waals surface area contributed by atoms with E-state index in [4.69, 9.17) is 10.2 Å². The average molecular weight is 308 g/mol. The molecule has 0 aliphatic rings. The minimum Gasteiger partial charge on any atom is -0.481 e. The van der Waals surface area contributed by atoms with Crippen LogP contribution in [-0.4, -0.2) is 33.7 Å². The minimum absolute atomic E-state index is 0.00556. The van der Waals surface area contributed by atoms with E-state index in [1.54, 1.807) is 0 Å². The molecule has 0 fully saturated rings. The zero-order valence-corrected chi connectivity index (χ0v) is 13.0. The summed E-state index contributed by atoms with van der Waals surface area (Å²) in [5, 5.41) is 17.4. The molecule has 0 aliphatic heterocycles. The lowest BCUT2D eigenvalue weighted by atomic mass is 9.74. The molecular weight excluding hydrogens is 284 g/mol. The van der Waals surface area contributed by atoms with Gasteiger partial charge in [-0.3, -0.25) is 9.59 Å². The second kappa shape index (κ2) is 10.4. The Morgan fingerprint density at radius 2 is 1.16 bits per heavy atom. The first kappa shape index (κ1) is 18.6. The molecule has 4 nitrogen and oxygen atoms in total. The Kier molecular flexibility index (Phi) is 10.2.